The first-order chi connectivity index (χ1) is 17.7. The fourth-order valence-electron chi connectivity index (χ4n) is 5.91. The molecule has 1 heterocycles. The largest absolute Gasteiger partial charge is 0.508 e. The zero-order valence-corrected chi connectivity index (χ0v) is 20.7. The number of benzene rings is 4. The highest BCUT2D eigenvalue weighted by molar-refractivity contribution is 6.05. The summed E-state index contributed by atoms with van der Waals surface area (Å²) in [6, 6.07) is 21.8. The van der Waals surface area contributed by atoms with Gasteiger partial charge in [-0.1, -0.05) is 30.7 Å². The lowest BCUT2D eigenvalue weighted by Gasteiger charge is -2.26. The van der Waals surface area contributed by atoms with Crippen LogP contribution in [0.2, 0.25) is 0 Å². The number of ether oxygens (including phenoxy) is 1. The number of likely N-dealkylation sites (tertiary alicyclic amines) is 1. The molecule has 0 spiro atoms. The first kappa shape index (κ1) is 22.9. The van der Waals surface area contributed by atoms with Crippen molar-refractivity contribution in [3.63, 3.8) is 0 Å². The molecule has 4 nitrogen and oxygen atoms in total. The van der Waals surface area contributed by atoms with Crippen LogP contribution in [-0.2, 0) is 6.42 Å². The van der Waals surface area contributed by atoms with Crippen molar-refractivity contribution in [1.29, 1.82) is 0 Å². The summed E-state index contributed by atoms with van der Waals surface area (Å²) in [5, 5.41) is 22.5. The second kappa shape index (κ2) is 9.87. The molecule has 0 bridgehead atoms. The summed E-state index contributed by atoms with van der Waals surface area (Å²) in [5.74, 6) is 1.43. The van der Waals surface area contributed by atoms with Crippen LogP contribution in [0.25, 0.3) is 33.0 Å². The van der Waals surface area contributed by atoms with E-state index < -0.39 is 0 Å². The minimum atomic E-state index is 0.262. The van der Waals surface area contributed by atoms with Gasteiger partial charge in [0.2, 0.25) is 0 Å². The van der Waals surface area contributed by atoms with Crippen LogP contribution in [-0.4, -0.2) is 41.4 Å². The van der Waals surface area contributed by atoms with Crippen LogP contribution in [0.5, 0.6) is 17.2 Å². The molecule has 0 saturated carbocycles. The van der Waals surface area contributed by atoms with E-state index in [9.17, 15) is 10.2 Å². The van der Waals surface area contributed by atoms with Crippen LogP contribution >= 0.6 is 0 Å². The Morgan fingerprint density at radius 3 is 2.50 bits per heavy atom. The van der Waals surface area contributed by atoms with E-state index in [1.165, 1.54) is 62.0 Å². The molecule has 4 aromatic carbocycles. The van der Waals surface area contributed by atoms with E-state index in [1.54, 1.807) is 12.1 Å². The second-order valence-corrected chi connectivity index (χ2v) is 10.2. The molecule has 2 N–H and O–H groups in total. The smallest absolute Gasteiger partial charge is 0.119 e. The molecular weight excluding hydrogens is 446 g/mol. The number of hydrogen-bond acceptors (Lipinski definition) is 4. The first-order valence-corrected chi connectivity index (χ1v) is 13.2. The van der Waals surface area contributed by atoms with Gasteiger partial charge >= 0.3 is 0 Å². The van der Waals surface area contributed by atoms with Gasteiger partial charge in [-0.15, -0.1) is 0 Å². The van der Waals surface area contributed by atoms with Crippen LogP contribution in [0.4, 0.5) is 0 Å². The Bertz CT molecular complexity index is 1400. The maximum absolute atomic E-state index is 10.3. The van der Waals surface area contributed by atoms with Crippen molar-refractivity contribution in [2.45, 2.75) is 38.5 Å². The van der Waals surface area contributed by atoms with Crippen LogP contribution in [0.3, 0.4) is 0 Å². The van der Waals surface area contributed by atoms with Crippen molar-refractivity contribution >= 4 is 10.8 Å². The SMILES string of the molecule is Oc1ccc2c(c1)Cc1c-2cc2ccc(O)cc2c1-c1cccc(OCCCCN2CCCCC2)c1. The molecule has 0 aromatic heterocycles. The molecule has 1 fully saturated rings. The number of aromatic hydroxyl groups is 2. The number of rotatable bonds is 7. The van der Waals surface area contributed by atoms with Crippen LogP contribution < -0.4 is 4.74 Å². The number of fused-ring (bicyclic) bond motifs is 4. The maximum Gasteiger partial charge on any atom is 0.119 e. The van der Waals surface area contributed by atoms with E-state index in [0.29, 0.717) is 5.75 Å². The lowest BCUT2D eigenvalue weighted by atomic mass is 9.89. The summed E-state index contributed by atoms with van der Waals surface area (Å²) >= 11 is 0. The van der Waals surface area contributed by atoms with Crippen molar-refractivity contribution in [1.82, 2.24) is 4.90 Å². The van der Waals surface area contributed by atoms with Gasteiger partial charge < -0.3 is 19.8 Å². The van der Waals surface area contributed by atoms with Crippen molar-refractivity contribution in [2.75, 3.05) is 26.2 Å². The van der Waals surface area contributed by atoms with Crippen LogP contribution in [0.15, 0.2) is 66.7 Å². The van der Waals surface area contributed by atoms with Gasteiger partial charge in [0.05, 0.1) is 6.61 Å². The zero-order valence-electron chi connectivity index (χ0n) is 20.7. The molecule has 4 aromatic rings. The van der Waals surface area contributed by atoms with E-state index in [2.05, 4.69) is 29.2 Å². The minimum absolute atomic E-state index is 0.262. The van der Waals surface area contributed by atoms with Gasteiger partial charge in [0.25, 0.3) is 0 Å². The van der Waals surface area contributed by atoms with E-state index in [0.717, 1.165) is 52.7 Å². The predicted molar refractivity (Wildman–Crippen MR) is 146 cm³/mol. The Balaban J connectivity index is 1.27. The standard InChI is InChI=1S/C32H33NO3/c34-25-11-12-28-24(17-25)20-31-30(28)19-22-9-10-26(35)21-29(22)32(31)23-7-6-8-27(18-23)36-16-5-4-15-33-13-2-1-3-14-33/h6-12,17-19,21,34-35H,1-5,13-16,20H2. The second-order valence-electron chi connectivity index (χ2n) is 10.2. The van der Waals surface area contributed by atoms with E-state index in [1.807, 2.05) is 30.3 Å². The van der Waals surface area contributed by atoms with E-state index in [-0.39, 0.29) is 5.75 Å². The molecule has 0 radical (unpaired) electrons. The molecule has 0 unspecified atom stereocenters. The summed E-state index contributed by atoms with van der Waals surface area (Å²) in [6.07, 6.45) is 7.03. The Morgan fingerprint density at radius 1 is 0.778 bits per heavy atom. The lowest BCUT2D eigenvalue weighted by molar-refractivity contribution is 0.216. The van der Waals surface area contributed by atoms with Gasteiger partial charge in [0.15, 0.2) is 0 Å². The average Bonchev–Trinajstić information content (AvgIpc) is 3.24. The molecule has 4 heteroatoms. The third kappa shape index (κ3) is 4.54. The fraction of sp³-hybridized carbons (Fsp3) is 0.312. The molecule has 1 aliphatic heterocycles. The Kier molecular flexibility index (Phi) is 6.28. The first-order valence-electron chi connectivity index (χ1n) is 13.2. The van der Waals surface area contributed by atoms with Crippen molar-refractivity contribution in [2.24, 2.45) is 0 Å². The quantitative estimate of drug-likeness (QED) is 0.244. The fourth-order valence-corrected chi connectivity index (χ4v) is 5.91. The third-order valence-electron chi connectivity index (χ3n) is 7.69. The molecule has 2 aliphatic rings. The highest BCUT2D eigenvalue weighted by Crippen LogP contribution is 2.47. The Labute approximate surface area is 212 Å². The summed E-state index contributed by atoms with van der Waals surface area (Å²) in [6.45, 7) is 4.39. The summed E-state index contributed by atoms with van der Waals surface area (Å²) in [5.41, 5.74) is 6.94. The lowest BCUT2D eigenvalue weighted by Crippen LogP contribution is -2.30. The van der Waals surface area contributed by atoms with E-state index in [4.69, 9.17) is 4.74 Å². The summed E-state index contributed by atoms with van der Waals surface area (Å²) in [7, 11) is 0. The van der Waals surface area contributed by atoms with Gasteiger partial charge in [0, 0.05) is 0 Å². The van der Waals surface area contributed by atoms with E-state index >= 15 is 0 Å². The van der Waals surface area contributed by atoms with Crippen LogP contribution in [0.1, 0.15) is 43.2 Å². The van der Waals surface area contributed by atoms with Crippen LogP contribution in [0, 0.1) is 0 Å². The minimum Gasteiger partial charge on any atom is -0.508 e. The number of hydrogen-bond donors (Lipinski definition) is 2. The molecule has 184 valence electrons. The number of nitrogens with zero attached hydrogens (tertiary/aromatic N) is 1. The highest BCUT2D eigenvalue weighted by Gasteiger charge is 2.25. The van der Waals surface area contributed by atoms with Crippen molar-refractivity contribution in [3.05, 3.63) is 77.9 Å². The Morgan fingerprint density at radius 2 is 1.61 bits per heavy atom. The van der Waals surface area contributed by atoms with Gasteiger partial charge in [-0.05, 0) is 138 Å². The monoisotopic (exact) mass is 479 g/mol. The van der Waals surface area contributed by atoms with Crippen molar-refractivity contribution < 1.29 is 14.9 Å². The average molecular weight is 480 g/mol. The molecule has 1 aliphatic carbocycles. The number of phenolic OH excluding ortho intramolecular Hbond substituents is 2. The summed E-state index contributed by atoms with van der Waals surface area (Å²) < 4.78 is 6.19. The molecular formula is C32H33NO3. The molecule has 0 atom stereocenters. The zero-order chi connectivity index (χ0) is 24.5. The maximum atomic E-state index is 10.3. The summed E-state index contributed by atoms with van der Waals surface area (Å²) in [4.78, 5) is 2.58. The highest BCUT2D eigenvalue weighted by atomic mass is 16.5. The molecule has 0 amide bonds. The van der Waals surface area contributed by atoms with Gasteiger partial charge in [0.1, 0.15) is 17.2 Å². The molecule has 36 heavy (non-hydrogen) atoms. The predicted octanol–water partition coefficient (Wildman–Crippen LogP) is 7.13. The van der Waals surface area contributed by atoms with Gasteiger partial charge in [-0.2, -0.15) is 0 Å². The molecule has 6 rings (SSSR count). The van der Waals surface area contributed by atoms with Crippen molar-refractivity contribution in [3.8, 4) is 39.5 Å². The topological polar surface area (TPSA) is 52.9 Å². The number of piperidine rings is 1. The number of unbranched alkanes of at least 4 members (excludes halogenated alkanes) is 1. The number of phenols is 2. The van der Waals surface area contributed by atoms with Gasteiger partial charge in [-0.25, -0.2) is 0 Å². The Hall–Kier alpha value is -3.50. The molecule has 1 saturated heterocycles. The third-order valence-corrected chi connectivity index (χ3v) is 7.69. The normalized spacial score (nSPS) is 15.1. The van der Waals surface area contributed by atoms with Gasteiger partial charge in [-0.3, -0.25) is 0 Å².